The van der Waals surface area contributed by atoms with Crippen LogP contribution in [0.1, 0.15) is 25.7 Å². The maximum atomic E-state index is 6.08. The number of rotatable bonds is 2. The van der Waals surface area contributed by atoms with Crippen molar-refractivity contribution in [1.82, 2.24) is 0 Å². The third-order valence-electron chi connectivity index (χ3n) is 2.52. The summed E-state index contributed by atoms with van der Waals surface area (Å²) in [5, 5.41) is 2.80. The van der Waals surface area contributed by atoms with Crippen molar-refractivity contribution in [2.24, 2.45) is 5.73 Å². The monoisotopic (exact) mass is 213 g/mol. The summed E-state index contributed by atoms with van der Waals surface area (Å²) in [6.45, 7) is 0. The highest BCUT2D eigenvalue weighted by atomic mass is 32.2. The van der Waals surface area contributed by atoms with Crippen molar-refractivity contribution >= 4 is 23.1 Å². The standard InChI is InChI=1S/C10H15NS2/c11-8-4-1-2-5-9(8)13-10-6-3-7-12-10/h3,6-9H,1-2,4-5,11H2. The largest absolute Gasteiger partial charge is 0.327 e. The van der Waals surface area contributed by atoms with Crippen LogP contribution in [0.3, 0.4) is 0 Å². The van der Waals surface area contributed by atoms with Gasteiger partial charge in [0.25, 0.3) is 0 Å². The molecule has 2 N–H and O–H groups in total. The Hall–Kier alpha value is 0.01000. The van der Waals surface area contributed by atoms with Gasteiger partial charge in [-0.15, -0.1) is 23.1 Å². The molecule has 0 amide bonds. The van der Waals surface area contributed by atoms with Gasteiger partial charge in [-0.05, 0) is 24.3 Å². The van der Waals surface area contributed by atoms with Gasteiger partial charge >= 0.3 is 0 Å². The van der Waals surface area contributed by atoms with Gasteiger partial charge < -0.3 is 5.73 Å². The molecule has 72 valence electrons. The van der Waals surface area contributed by atoms with Crippen LogP contribution in [0.2, 0.25) is 0 Å². The molecule has 0 spiro atoms. The molecule has 1 nitrogen and oxygen atoms in total. The zero-order chi connectivity index (χ0) is 9.10. The topological polar surface area (TPSA) is 26.0 Å². The van der Waals surface area contributed by atoms with Crippen molar-refractivity contribution in [3.8, 4) is 0 Å². The number of thiophene rings is 1. The molecule has 0 saturated heterocycles. The van der Waals surface area contributed by atoms with Gasteiger partial charge in [0.05, 0.1) is 4.21 Å². The maximum Gasteiger partial charge on any atom is 0.0601 e. The fourth-order valence-corrected chi connectivity index (χ4v) is 4.01. The fourth-order valence-electron chi connectivity index (χ4n) is 1.75. The predicted molar refractivity (Wildman–Crippen MR) is 60.4 cm³/mol. The van der Waals surface area contributed by atoms with E-state index in [-0.39, 0.29) is 0 Å². The van der Waals surface area contributed by atoms with E-state index in [1.165, 1.54) is 29.9 Å². The molecule has 2 atom stereocenters. The van der Waals surface area contributed by atoms with Crippen molar-refractivity contribution in [3.05, 3.63) is 17.5 Å². The number of nitrogens with two attached hydrogens (primary N) is 1. The highest BCUT2D eigenvalue weighted by molar-refractivity contribution is 8.01. The molecule has 3 heteroatoms. The van der Waals surface area contributed by atoms with Gasteiger partial charge in [-0.3, -0.25) is 0 Å². The molecule has 13 heavy (non-hydrogen) atoms. The number of hydrogen-bond donors (Lipinski definition) is 1. The van der Waals surface area contributed by atoms with Gasteiger partial charge in [-0.1, -0.05) is 18.9 Å². The summed E-state index contributed by atoms with van der Waals surface area (Å²) in [5.41, 5.74) is 6.08. The molecular formula is C10H15NS2. The lowest BCUT2D eigenvalue weighted by molar-refractivity contribution is 0.453. The van der Waals surface area contributed by atoms with Crippen LogP contribution < -0.4 is 5.73 Å². The number of hydrogen-bond acceptors (Lipinski definition) is 3. The lowest BCUT2D eigenvalue weighted by Crippen LogP contribution is -2.35. The van der Waals surface area contributed by atoms with Crippen molar-refractivity contribution in [2.45, 2.75) is 41.2 Å². The van der Waals surface area contributed by atoms with Gasteiger partial charge in [0.1, 0.15) is 0 Å². The summed E-state index contributed by atoms with van der Waals surface area (Å²) in [4.78, 5) is 0. The van der Waals surface area contributed by atoms with E-state index in [9.17, 15) is 0 Å². The molecular weight excluding hydrogens is 198 g/mol. The van der Waals surface area contributed by atoms with Gasteiger partial charge in [-0.25, -0.2) is 0 Å². The average molecular weight is 213 g/mol. The summed E-state index contributed by atoms with van der Waals surface area (Å²) in [6, 6.07) is 4.72. The van der Waals surface area contributed by atoms with Gasteiger partial charge in [0.15, 0.2) is 0 Å². The van der Waals surface area contributed by atoms with Crippen molar-refractivity contribution < 1.29 is 0 Å². The van der Waals surface area contributed by atoms with E-state index >= 15 is 0 Å². The van der Waals surface area contributed by atoms with E-state index in [2.05, 4.69) is 17.5 Å². The molecule has 2 rings (SSSR count). The molecule has 0 aliphatic heterocycles. The Labute approximate surface area is 87.7 Å². The minimum absolute atomic E-state index is 0.417. The molecule has 0 aromatic carbocycles. The lowest BCUT2D eigenvalue weighted by atomic mass is 9.96. The predicted octanol–water partition coefficient (Wildman–Crippen LogP) is 3.11. The first-order valence-corrected chi connectivity index (χ1v) is 6.58. The number of thioether (sulfide) groups is 1. The van der Waals surface area contributed by atoms with E-state index in [0.29, 0.717) is 11.3 Å². The minimum atomic E-state index is 0.417. The maximum absolute atomic E-state index is 6.08. The molecule has 0 radical (unpaired) electrons. The summed E-state index contributed by atoms with van der Waals surface area (Å²) < 4.78 is 1.42. The van der Waals surface area contributed by atoms with Gasteiger partial charge in [0, 0.05) is 11.3 Å². The Kier molecular flexibility index (Phi) is 3.30. The molecule has 0 bridgehead atoms. The zero-order valence-electron chi connectivity index (χ0n) is 7.61. The zero-order valence-corrected chi connectivity index (χ0v) is 9.24. The van der Waals surface area contributed by atoms with E-state index in [4.69, 9.17) is 5.73 Å². The Morgan fingerprint density at radius 3 is 2.92 bits per heavy atom. The molecule has 1 fully saturated rings. The molecule has 1 heterocycles. The van der Waals surface area contributed by atoms with Crippen LogP contribution in [0.5, 0.6) is 0 Å². The first-order valence-electron chi connectivity index (χ1n) is 4.82. The summed E-state index contributed by atoms with van der Waals surface area (Å²) in [5.74, 6) is 0. The van der Waals surface area contributed by atoms with Crippen molar-refractivity contribution in [1.29, 1.82) is 0 Å². The van der Waals surface area contributed by atoms with Crippen molar-refractivity contribution in [3.63, 3.8) is 0 Å². The van der Waals surface area contributed by atoms with E-state index < -0.39 is 0 Å². The quantitative estimate of drug-likeness (QED) is 0.817. The van der Waals surface area contributed by atoms with Crippen LogP contribution in [0, 0.1) is 0 Å². The average Bonchev–Trinajstić information content (AvgIpc) is 2.61. The molecule has 1 aliphatic rings. The van der Waals surface area contributed by atoms with E-state index in [1.807, 2.05) is 23.1 Å². The van der Waals surface area contributed by atoms with Crippen LogP contribution >= 0.6 is 23.1 Å². The minimum Gasteiger partial charge on any atom is -0.327 e. The third-order valence-corrected chi connectivity index (χ3v) is 5.01. The van der Waals surface area contributed by atoms with Crippen LogP contribution in [-0.2, 0) is 0 Å². The normalized spacial score (nSPS) is 29.0. The Bertz CT molecular complexity index is 245. The Morgan fingerprint density at radius 1 is 1.38 bits per heavy atom. The second-order valence-electron chi connectivity index (χ2n) is 3.54. The first kappa shape index (κ1) is 9.56. The van der Waals surface area contributed by atoms with Crippen LogP contribution in [0.4, 0.5) is 0 Å². The van der Waals surface area contributed by atoms with Gasteiger partial charge in [0.2, 0.25) is 0 Å². The first-order chi connectivity index (χ1) is 6.36. The van der Waals surface area contributed by atoms with Crippen LogP contribution in [-0.4, -0.2) is 11.3 Å². The summed E-state index contributed by atoms with van der Waals surface area (Å²) in [6.07, 6.45) is 5.19. The molecule has 1 aliphatic carbocycles. The Morgan fingerprint density at radius 2 is 2.23 bits per heavy atom. The molecule has 1 aromatic rings. The summed E-state index contributed by atoms with van der Waals surface area (Å²) >= 11 is 3.80. The third kappa shape index (κ3) is 2.48. The van der Waals surface area contributed by atoms with E-state index in [0.717, 1.165) is 0 Å². The highest BCUT2D eigenvalue weighted by Gasteiger charge is 2.22. The van der Waals surface area contributed by atoms with Crippen LogP contribution in [0.25, 0.3) is 0 Å². The molecule has 1 aromatic heterocycles. The lowest BCUT2D eigenvalue weighted by Gasteiger charge is -2.27. The SMILES string of the molecule is NC1CCCCC1Sc1cccs1. The molecule has 1 saturated carbocycles. The summed E-state index contributed by atoms with van der Waals surface area (Å²) in [7, 11) is 0. The second-order valence-corrected chi connectivity index (χ2v) is 6.02. The van der Waals surface area contributed by atoms with Crippen LogP contribution in [0.15, 0.2) is 21.7 Å². The smallest absolute Gasteiger partial charge is 0.0601 e. The Balaban J connectivity index is 1.93. The fraction of sp³-hybridized carbons (Fsp3) is 0.600. The highest BCUT2D eigenvalue weighted by Crippen LogP contribution is 2.35. The van der Waals surface area contributed by atoms with E-state index in [1.54, 1.807) is 0 Å². The molecule has 2 unspecified atom stereocenters. The van der Waals surface area contributed by atoms with Gasteiger partial charge in [-0.2, -0.15) is 0 Å². The van der Waals surface area contributed by atoms with Crippen molar-refractivity contribution in [2.75, 3.05) is 0 Å². The second kappa shape index (κ2) is 4.49.